The molecular weight excluding hydrogens is 476 g/mol. The Morgan fingerprint density at radius 3 is 2.63 bits per heavy atom. The largest absolute Gasteiger partial charge is 0.383 e. The molecule has 0 saturated heterocycles. The van der Waals surface area contributed by atoms with Gasteiger partial charge >= 0.3 is 0 Å². The van der Waals surface area contributed by atoms with Gasteiger partial charge in [-0.3, -0.25) is 9.99 Å². The van der Waals surface area contributed by atoms with Gasteiger partial charge in [0, 0.05) is 47.8 Å². The van der Waals surface area contributed by atoms with Crippen LogP contribution < -0.4 is 32.2 Å². The van der Waals surface area contributed by atoms with Crippen LogP contribution in [-0.4, -0.2) is 37.0 Å². The van der Waals surface area contributed by atoms with Crippen LogP contribution in [0.1, 0.15) is 51.7 Å². The first-order chi connectivity index (χ1) is 18.1. The van der Waals surface area contributed by atoms with E-state index in [1.54, 1.807) is 18.3 Å². The lowest BCUT2D eigenvalue weighted by molar-refractivity contribution is 0.259. The minimum absolute atomic E-state index is 0.0212. The molecule has 1 aliphatic heterocycles. The van der Waals surface area contributed by atoms with E-state index >= 15 is 0 Å². The van der Waals surface area contributed by atoms with Gasteiger partial charge < -0.3 is 16.1 Å². The van der Waals surface area contributed by atoms with Gasteiger partial charge in [-0.2, -0.15) is 5.26 Å². The SMILES string of the molecule is [B]C(NC/C=c1/c(NCC(C)(C)C)c(C#N)cn/c1=C(\C)C#C)(C1=CN(C2CC2)NN1)c1ccc(F)cc1. The Balaban J connectivity index is 1.76. The van der Waals surface area contributed by atoms with Crippen molar-refractivity contribution in [2.45, 2.75) is 52.0 Å². The number of pyridine rings is 1. The first-order valence-corrected chi connectivity index (χ1v) is 12.7. The smallest absolute Gasteiger partial charge is 0.123 e. The van der Waals surface area contributed by atoms with E-state index in [2.05, 4.69) is 59.3 Å². The van der Waals surface area contributed by atoms with E-state index in [1.165, 1.54) is 12.1 Å². The van der Waals surface area contributed by atoms with Gasteiger partial charge in [-0.25, -0.2) is 4.39 Å². The molecule has 0 bridgehead atoms. The van der Waals surface area contributed by atoms with Gasteiger partial charge in [-0.1, -0.05) is 44.9 Å². The Labute approximate surface area is 225 Å². The van der Waals surface area contributed by atoms with Gasteiger partial charge in [0.2, 0.25) is 0 Å². The van der Waals surface area contributed by atoms with Crippen molar-refractivity contribution in [2.75, 3.05) is 18.4 Å². The van der Waals surface area contributed by atoms with Crippen molar-refractivity contribution in [3.05, 3.63) is 69.9 Å². The first-order valence-electron chi connectivity index (χ1n) is 12.7. The summed E-state index contributed by atoms with van der Waals surface area (Å²) >= 11 is 0. The molecule has 1 unspecified atom stereocenters. The predicted octanol–water partition coefficient (Wildman–Crippen LogP) is 2.07. The number of aromatic nitrogens is 1. The van der Waals surface area contributed by atoms with Crippen molar-refractivity contribution >= 4 is 25.2 Å². The lowest BCUT2D eigenvalue weighted by Crippen LogP contribution is -2.50. The van der Waals surface area contributed by atoms with E-state index in [4.69, 9.17) is 14.3 Å². The molecule has 1 aliphatic carbocycles. The fraction of sp³-hybridized carbons (Fsp3) is 0.379. The van der Waals surface area contributed by atoms with Crippen LogP contribution in [0.5, 0.6) is 0 Å². The molecule has 2 radical (unpaired) electrons. The summed E-state index contributed by atoms with van der Waals surface area (Å²) < 4.78 is 13.8. The molecule has 1 atom stereocenters. The third kappa shape index (κ3) is 6.02. The van der Waals surface area contributed by atoms with Crippen molar-refractivity contribution in [1.82, 2.24) is 26.3 Å². The molecule has 1 fully saturated rings. The molecule has 9 heteroatoms. The van der Waals surface area contributed by atoms with Gasteiger partial charge in [0.25, 0.3) is 0 Å². The lowest BCUT2D eigenvalue weighted by atomic mass is 9.69. The van der Waals surface area contributed by atoms with Gasteiger partial charge in [0.05, 0.1) is 22.3 Å². The average Bonchev–Trinajstić information content (AvgIpc) is 3.62. The summed E-state index contributed by atoms with van der Waals surface area (Å²) in [5.41, 5.74) is 8.29. The minimum Gasteiger partial charge on any atom is -0.383 e. The number of benzene rings is 1. The molecule has 0 spiro atoms. The summed E-state index contributed by atoms with van der Waals surface area (Å²) in [6, 6.07) is 8.78. The summed E-state index contributed by atoms with van der Waals surface area (Å²) in [7, 11) is 6.98. The highest BCUT2D eigenvalue weighted by atomic mass is 19.1. The van der Waals surface area contributed by atoms with E-state index in [-0.39, 0.29) is 11.2 Å². The molecule has 2 heterocycles. The van der Waals surface area contributed by atoms with E-state index in [0.29, 0.717) is 52.6 Å². The van der Waals surface area contributed by atoms with Gasteiger partial charge in [-0.15, -0.1) is 12.0 Å². The second-order valence-corrected chi connectivity index (χ2v) is 10.9. The Hall–Kier alpha value is -3.79. The molecule has 7 nitrogen and oxygen atoms in total. The van der Waals surface area contributed by atoms with Crippen molar-refractivity contribution in [3.8, 4) is 18.4 Å². The maximum Gasteiger partial charge on any atom is 0.123 e. The highest BCUT2D eigenvalue weighted by molar-refractivity contribution is 6.17. The molecule has 38 heavy (non-hydrogen) atoms. The maximum atomic E-state index is 13.8. The molecule has 2 aromatic rings. The second-order valence-electron chi connectivity index (χ2n) is 10.9. The highest BCUT2D eigenvalue weighted by Gasteiger charge is 2.37. The molecule has 194 valence electrons. The van der Waals surface area contributed by atoms with Crippen LogP contribution in [0.2, 0.25) is 0 Å². The number of nitrogens with one attached hydrogen (secondary N) is 4. The molecule has 4 N–H and O–H groups in total. The Bertz CT molecular complexity index is 1430. The summed E-state index contributed by atoms with van der Waals surface area (Å²) in [6.45, 7) is 9.12. The molecule has 1 saturated carbocycles. The fourth-order valence-electron chi connectivity index (χ4n) is 4.18. The minimum atomic E-state index is -1.16. The van der Waals surface area contributed by atoms with Gasteiger partial charge in [-0.05, 0) is 42.9 Å². The predicted molar refractivity (Wildman–Crippen MR) is 150 cm³/mol. The lowest BCUT2D eigenvalue weighted by Gasteiger charge is -2.33. The monoisotopic (exact) mass is 509 g/mol. The second kappa shape index (κ2) is 10.9. The van der Waals surface area contributed by atoms with Crippen LogP contribution in [0.4, 0.5) is 10.1 Å². The van der Waals surface area contributed by atoms with Crippen molar-refractivity contribution in [3.63, 3.8) is 0 Å². The van der Waals surface area contributed by atoms with Gasteiger partial charge in [0.15, 0.2) is 0 Å². The molecular formula is C29H33BFN7. The zero-order chi connectivity index (χ0) is 27.5. The molecule has 4 rings (SSSR count). The zero-order valence-corrected chi connectivity index (χ0v) is 22.3. The number of anilines is 1. The van der Waals surface area contributed by atoms with E-state index in [9.17, 15) is 9.65 Å². The first kappa shape index (κ1) is 27.3. The number of hydrogen-bond acceptors (Lipinski definition) is 7. The molecule has 2 aliphatic rings. The fourth-order valence-corrected chi connectivity index (χ4v) is 4.18. The standard InChI is InChI=1S/C29H33BFN7/c1-6-19(2)26-24(27(20(15-32)16-33-26)34-18-28(3,4)5)13-14-35-29(30,21-7-9-22(31)10-8-21)25-17-38(37-36-25)23-11-12-23/h1,7-10,13,16-17,23,34-37H,11-12,14,18H2,2-5H3/b24-13+,26-19+. The van der Waals surface area contributed by atoms with E-state index in [1.807, 2.05) is 24.2 Å². The summed E-state index contributed by atoms with van der Waals surface area (Å²) in [4.78, 5) is 4.51. The van der Waals surface area contributed by atoms with Crippen LogP contribution >= 0.6 is 0 Å². The number of halogens is 1. The van der Waals surface area contributed by atoms with Crippen LogP contribution in [0, 0.1) is 34.9 Å². The highest BCUT2D eigenvalue weighted by Crippen LogP contribution is 2.31. The third-order valence-corrected chi connectivity index (χ3v) is 6.54. The van der Waals surface area contributed by atoms with E-state index < -0.39 is 5.44 Å². The van der Waals surface area contributed by atoms with Crippen molar-refractivity contribution < 1.29 is 4.39 Å². The average molecular weight is 509 g/mol. The number of nitrogens with zero attached hydrogens (tertiary/aromatic N) is 3. The van der Waals surface area contributed by atoms with Crippen molar-refractivity contribution in [1.29, 1.82) is 5.26 Å². The summed E-state index contributed by atoms with van der Waals surface area (Å²) in [5.74, 6) is 2.33. The van der Waals surface area contributed by atoms with Crippen molar-refractivity contribution in [2.24, 2.45) is 5.41 Å². The number of terminal acetylenes is 1. The normalized spacial score (nSPS) is 18.1. The number of nitriles is 1. The molecule has 1 aromatic heterocycles. The Kier molecular flexibility index (Phi) is 7.82. The zero-order valence-electron chi connectivity index (χ0n) is 22.3. The van der Waals surface area contributed by atoms with Crippen LogP contribution in [0.25, 0.3) is 11.6 Å². The Morgan fingerprint density at radius 2 is 2.03 bits per heavy atom. The number of hydrogen-bond donors (Lipinski definition) is 4. The quantitative estimate of drug-likeness (QED) is 0.320. The van der Waals surface area contributed by atoms with Crippen LogP contribution in [0.15, 0.2) is 42.4 Å². The molecule has 1 aromatic carbocycles. The topological polar surface area (TPSA) is 88.0 Å². The molecule has 0 amide bonds. The maximum absolute atomic E-state index is 13.8. The number of hydrazine groups is 2. The summed E-state index contributed by atoms with van der Waals surface area (Å²) in [6.07, 6.45) is 13.4. The van der Waals surface area contributed by atoms with E-state index in [0.717, 1.165) is 18.1 Å². The summed E-state index contributed by atoms with van der Waals surface area (Å²) in [5, 5.41) is 20.0. The van der Waals surface area contributed by atoms with Gasteiger partial charge in [0.1, 0.15) is 19.7 Å². The van der Waals surface area contributed by atoms with Crippen LogP contribution in [-0.2, 0) is 5.44 Å². The Morgan fingerprint density at radius 1 is 1.32 bits per heavy atom. The van der Waals surface area contributed by atoms with Crippen LogP contribution in [0.3, 0.4) is 0 Å². The third-order valence-electron chi connectivity index (χ3n) is 6.54. The number of rotatable bonds is 8.